The van der Waals surface area contributed by atoms with Gasteiger partial charge < -0.3 is 10.8 Å². The zero-order valence-electron chi connectivity index (χ0n) is 14.6. The van der Waals surface area contributed by atoms with Gasteiger partial charge in [-0.25, -0.2) is 9.89 Å². The number of hydrogen-bond acceptors (Lipinski definition) is 4. The monoisotopic (exact) mass is 349 g/mol. The number of hydrogen-bond donors (Lipinski definition) is 2. The first-order chi connectivity index (χ1) is 12.6. The first kappa shape index (κ1) is 16.6. The fourth-order valence-corrected chi connectivity index (χ4v) is 4.34. The summed E-state index contributed by atoms with van der Waals surface area (Å²) in [6.45, 7) is 0. The van der Waals surface area contributed by atoms with Crippen molar-refractivity contribution in [3.05, 3.63) is 60.2 Å². The second kappa shape index (κ2) is 6.48. The molecule has 0 radical (unpaired) electrons. The fourth-order valence-electron chi connectivity index (χ4n) is 4.34. The zero-order valence-corrected chi connectivity index (χ0v) is 14.6. The van der Waals surface area contributed by atoms with Crippen molar-refractivity contribution in [2.24, 2.45) is 16.6 Å². The molecule has 1 aliphatic heterocycles. The number of nitrogens with zero attached hydrogens (tertiary/aromatic N) is 2. The van der Waals surface area contributed by atoms with Crippen molar-refractivity contribution in [3.8, 4) is 5.75 Å². The lowest BCUT2D eigenvalue weighted by Crippen LogP contribution is -2.47. The molecule has 5 heteroatoms. The maximum Gasteiger partial charge on any atom is 0.266 e. The minimum Gasteiger partial charge on any atom is -0.508 e. The van der Waals surface area contributed by atoms with E-state index >= 15 is 0 Å². The van der Waals surface area contributed by atoms with Gasteiger partial charge in [0.2, 0.25) is 5.96 Å². The van der Waals surface area contributed by atoms with Gasteiger partial charge in [0, 0.05) is 6.07 Å². The summed E-state index contributed by atoms with van der Waals surface area (Å²) in [6.07, 6.45) is 5.34. The summed E-state index contributed by atoms with van der Waals surface area (Å²) in [7, 11) is 0. The Kier molecular flexibility index (Phi) is 4.15. The Bertz CT molecular complexity index is 843. The second-order valence-corrected chi connectivity index (χ2v) is 7.10. The lowest BCUT2D eigenvalue weighted by atomic mass is 9.71. The van der Waals surface area contributed by atoms with Gasteiger partial charge in [0.25, 0.3) is 5.91 Å². The third-order valence-electron chi connectivity index (χ3n) is 5.55. The van der Waals surface area contributed by atoms with E-state index in [4.69, 9.17) is 10.7 Å². The normalized spacial score (nSPS) is 23.9. The molecule has 2 aromatic carbocycles. The van der Waals surface area contributed by atoms with Crippen LogP contribution in [0.5, 0.6) is 5.75 Å². The van der Waals surface area contributed by atoms with Crippen molar-refractivity contribution in [2.75, 3.05) is 4.90 Å². The van der Waals surface area contributed by atoms with Gasteiger partial charge in [-0.2, -0.15) is 0 Å². The van der Waals surface area contributed by atoms with Crippen LogP contribution in [-0.2, 0) is 10.3 Å². The third-order valence-corrected chi connectivity index (χ3v) is 5.55. The molecule has 5 nitrogen and oxygen atoms in total. The number of aromatic hydroxyl groups is 1. The van der Waals surface area contributed by atoms with Crippen LogP contribution in [-0.4, -0.2) is 17.0 Å². The van der Waals surface area contributed by atoms with Crippen molar-refractivity contribution < 1.29 is 9.90 Å². The van der Waals surface area contributed by atoms with Crippen LogP contribution >= 0.6 is 0 Å². The summed E-state index contributed by atoms with van der Waals surface area (Å²) in [5.41, 5.74) is 6.71. The highest BCUT2D eigenvalue weighted by atomic mass is 16.3. The van der Waals surface area contributed by atoms with Crippen LogP contribution in [0, 0.1) is 5.92 Å². The predicted octanol–water partition coefficient (Wildman–Crippen LogP) is 3.53. The predicted molar refractivity (Wildman–Crippen MR) is 102 cm³/mol. The van der Waals surface area contributed by atoms with Gasteiger partial charge in [0.15, 0.2) is 5.54 Å². The molecule has 0 bridgehead atoms. The number of anilines is 1. The SMILES string of the molecule is NC1=NC(c2ccccc2)(C2CCCCC2)C(=O)N1c1cccc(O)c1. The molecule has 1 atom stereocenters. The molecule has 1 unspecified atom stereocenters. The average Bonchev–Trinajstić information content (AvgIpc) is 2.94. The molecule has 2 aliphatic rings. The molecule has 1 amide bonds. The molecule has 4 rings (SSSR count). The molecule has 1 aliphatic carbocycles. The standard InChI is InChI=1S/C21H23N3O2/c22-20-23-21(15-8-3-1-4-9-15,16-10-5-2-6-11-16)19(26)24(20)17-12-7-13-18(25)14-17/h1,3-4,7-9,12-14,16,25H,2,5-6,10-11H2,(H2,22,23). The number of carbonyl (C=O) groups is 1. The number of benzene rings is 2. The Hall–Kier alpha value is -2.82. The van der Waals surface area contributed by atoms with E-state index < -0.39 is 5.54 Å². The molecule has 0 aromatic heterocycles. The first-order valence-corrected chi connectivity index (χ1v) is 9.17. The van der Waals surface area contributed by atoms with Gasteiger partial charge in [-0.1, -0.05) is 55.7 Å². The fraction of sp³-hybridized carbons (Fsp3) is 0.333. The minimum absolute atomic E-state index is 0.0953. The lowest BCUT2D eigenvalue weighted by Gasteiger charge is -2.36. The highest BCUT2D eigenvalue weighted by Crippen LogP contribution is 2.47. The number of phenols is 1. The second-order valence-electron chi connectivity index (χ2n) is 7.10. The molecule has 1 heterocycles. The van der Waals surface area contributed by atoms with Gasteiger partial charge in [0.05, 0.1) is 5.69 Å². The molecule has 0 spiro atoms. The zero-order chi connectivity index (χ0) is 18.1. The molecular weight excluding hydrogens is 326 g/mol. The summed E-state index contributed by atoms with van der Waals surface area (Å²) in [5, 5.41) is 9.82. The van der Waals surface area contributed by atoms with Gasteiger partial charge >= 0.3 is 0 Å². The first-order valence-electron chi connectivity index (χ1n) is 9.17. The molecular formula is C21H23N3O2. The lowest BCUT2D eigenvalue weighted by molar-refractivity contribution is -0.124. The van der Waals surface area contributed by atoms with E-state index in [1.54, 1.807) is 24.3 Å². The van der Waals surface area contributed by atoms with Gasteiger partial charge in [-0.15, -0.1) is 0 Å². The van der Waals surface area contributed by atoms with Gasteiger partial charge in [-0.3, -0.25) is 4.79 Å². The molecule has 134 valence electrons. The van der Waals surface area contributed by atoms with Crippen LogP contribution < -0.4 is 10.6 Å². The number of phenolic OH excluding ortho intramolecular Hbond substituents is 1. The molecule has 2 aromatic rings. The van der Waals surface area contributed by atoms with Crippen LogP contribution in [0.3, 0.4) is 0 Å². The number of nitrogens with two attached hydrogens (primary N) is 1. The minimum atomic E-state index is -0.975. The average molecular weight is 349 g/mol. The molecule has 1 saturated carbocycles. The quantitative estimate of drug-likeness (QED) is 0.890. The van der Waals surface area contributed by atoms with Crippen molar-refractivity contribution in [1.82, 2.24) is 0 Å². The number of carbonyl (C=O) groups excluding carboxylic acids is 1. The number of amides is 1. The molecule has 3 N–H and O–H groups in total. The largest absolute Gasteiger partial charge is 0.508 e. The smallest absolute Gasteiger partial charge is 0.266 e. The Morgan fingerprint density at radius 3 is 2.46 bits per heavy atom. The Morgan fingerprint density at radius 2 is 1.77 bits per heavy atom. The van der Waals surface area contributed by atoms with Gasteiger partial charge in [-0.05, 0) is 36.5 Å². The van der Waals surface area contributed by atoms with Crippen LogP contribution in [0.2, 0.25) is 0 Å². The number of rotatable bonds is 3. The van der Waals surface area contributed by atoms with Crippen LogP contribution in [0.4, 0.5) is 5.69 Å². The van der Waals surface area contributed by atoms with E-state index in [1.165, 1.54) is 11.3 Å². The van der Waals surface area contributed by atoms with E-state index in [1.807, 2.05) is 30.3 Å². The summed E-state index contributed by atoms with van der Waals surface area (Å²) in [4.78, 5) is 19.9. The summed E-state index contributed by atoms with van der Waals surface area (Å²) < 4.78 is 0. The van der Waals surface area contributed by atoms with Gasteiger partial charge in [0.1, 0.15) is 5.75 Å². The maximum absolute atomic E-state index is 13.7. The van der Waals surface area contributed by atoms with E-state index in [9.17, 15) is 9.90 Å². The number of aliphatic imine (C=N–C) groups is 1. The van der Waals surface area contributed by atoms with Crippen LogP contribution in [0.25, 0.3) is 0 Å². The maximum atomic E-state index is 13.7. The Labute approximate surface area is 153 Å². The van der Waals surface area contributed by atoms with E-state index in [2.05, 4.69) is 0 Å². The summed E-state index contributed by atoms with van der Waals surface area (Å²) in [5.74, 6) is 0.290. The van der Waals surface area contributed by atoms with Crippen molar-refractivity contribution in [3.63, 3.8) is 0 Å². The molecule has 26 heavy (non-hydrogen) atoms. The van der Waals surface area contributed by atoms with Crippen molar-refractivity contribution in [2.45, 2.75) is 37.6 Å². The Balaban J connectivity index is 1.83. The molecule has 0 saturated heterocycles. The van der Waals surface area contributed by atoms with Crippen molar-refractivity contribution in [1.29, 1.82) is 0 Å². The van der Waals surface area contributed by atoms with E-state index in [0.717, 1.165) is 31.2 Å². The van der Waals surface area contributed by atoms with Crippen LogP contribution in [0.15, 0.2) is 59.6 Å². The van der Waals surface area contributed by atoms with E-state index in [-0.39, 0.29) is 23.5 Å². The molecule has 1 fully saturated rings. The van der Waals surface area contributed by atoms with Crippen molar-refractivity contribution >= 4 is 17.6 Å². The Morgan fingerprint density at radius 1 is 1.04 bits per heavy atom. The topological polar surface area (TPSA) is 78.9 Å². The van der Waals surface area contributed by atoms with E-state index in [0.29, 0.717) is 5.69 Å². The highest BCUT2D eigenvalue weighted by Gasteiger charge is 2.54. The highest BCUT2D eigenvalue weighted by molar-refractivity contribution is 6.23. The summed E-state index contributed by atoms with van der Waals surface area (Å²) in [6, 6.07) is 16.3. The third kappa shape index (κ3) is 2.55. The number of guanidine groups is 1. The summed E-state index contributed by atoms with van der Waals surface area (Å²) >= 11 is 0. The van der Waals surface area contributed by atoms with Crippen LogP contribution in [0.1, 0.15) is 37.7 Å².